The van der Waals surface area contributed by atoms with Crippen LogP contribution < -0.4 is 0 Å². The first-order valence-corrected chi connectivity index (χ1v) is 7.89. The third kappa shape index (κ3) is 4.01. The van der Waals surface area contributed by atoms with Crippen LogP contribution in [0.4, 0.5) is 0 Å². The Morgan fingerprint density at radius 3 is 2.25 bits per heavy atom. The lowest BCUT2D eigenvalue weighted by molar-refractivity contribution is 0.762. The maximum absolute atomic E-state index is 6.65. The lowest BCUT2D eigenvalue weighted by atomic mass is 9.96. The van der Waals surface area contributed by atoms with Gasteiger partial charge >= 0.3 is 0 Å². The highest BCUT2D eigenvalue weighted by Gasteiger charge is 2.29. The molecule has 0 heterocycles. The van der Waals surface area contributed by atoms with Gasteiger partial charge < -0.3 is 0 Å². The van der Waals surface area contributed by atoms with Crippen molar-refractivity contribution in [2.75, 3.05) is 0 Å². The molecular formula is C18H20Cl2. The first-order valence-electron chi connectivity index (χ1n) is 7.13. The van der Waals surface area contributed by atoms with Crippen LogP contribution in [0.15, 0.2) is 54.6 Å². The number of halogens is 2. The summed E-state index contributed by atoms with van der Waals surface area (Å²) < 4.78 is -0.869. The summed E-state index contributed by atoms with van der Waals surface area (Å²) >= 11 is 13.3. The fraction of sp³-hybridized carbons (Fsp3) is 0.333. The Morgan fingerprint density at radius 1 is 0.900 bits per heavy atom. The molecule has 0 saturated heterocycles. The van der Waals surface area contributed by atoms with Crippen molar-refractivity contribution in [1.82, 2.24) is 0 Å². The molecule has 0 amide bonds. The normalized spacial score (nSPS) is 11.6. The van der Waals surface area contributed by atoms with Gasteiger partial charge in [-0.05, 0) is 29.5 Å². The molecule has 0 nitrogen and oxygen atoms in total. The van der Waals surface area contributed by atoms with Gasteiger partial charge in [-0.25, -0.2) is 0 Å². The third-order valence-corrected chi connectivity index (χ3v) is 4.15. The molecule has 0 bridgehead atoms. The Morgan fingerprint density at radius 2 is 1.55 bits per heavy atom. The van der Waals surface area contributed by atoms with Crippen molar-refractivity contribution in [3.8, 4) is 0 Å². The number of alkyl halides is 2. The fourth-order valence-electron chi connectivity index (χ4n) is 2.41. The van der Waals surface area contributed by atoms with Crippen LogP contribution >= 0.6 is 23.2 Å². The number of unbranched alkanes of at least 4 members (excludes halogenated alkanes) is 1. The van der Waals surface area contributed by atoms with Crippen molar-refractivity contribution in [1.29, 1.82) is 0 Å². The maximum atomic E-state index is 6.65. The first-order chi connectivity index (χ1) is 9.63. The summed E-state index contributed by atoms with van der Waals surface area (Å²) in [4.78, 5) is 0. The summed E-state index contributed by atoms with van der Waals surface area (Å²) in [7, 11) is 0. The number of rotatable bonds is 6. The van der Waals surface area contributed by atoms with E-state index in [-0.39, 0.29) is 0 Å². The van der Waals surface area contributed by atoms with Crippen LogP contribution in [0.3, 0.4) is 0 Å². The summed E-state index contributed by atoms with van der Waals surface area (Å²) in [6.45, 7) is 2.20. The Bertz CT molecular complexity index is 532. The molecule has 0 aliphatic carbocycles. The van der Waals surface area contributed by atoms with Gasteiger partial charge in [-0.3, -0.25) is 0 Å². The molecule has 0 aromatic heterocycles. The quantitative estimate of drug-likeness (QED) is 0.583. The summed E-state index contributed by atoms with van der Waals surface area (Å²) in [5.41, 5.74) is 3.46. The molecule has 0 aliphatic heterocycles. The van der Waals surface area contributed by atoms with E-state index in [2.05, 4.69) is 31.2 Å². The van der Waals surface area contributed by atoms with Gasteiger partial charge in [0.2, 0.25) is 0 Å². The summed E-state index contributed by atoms with van der Waals surface area (Å²) in [6.07, 6.45) is 3.99. The topological polar surface area (TPSA) is 0 Å². The second-order valence-electron chi connectivity index (χ2n) is 5.13. The summed E-state index contributed by atoms with van der Waals surface area (Å²) in [5, 5.41) is 0. The molecule has 0 atom stereocenters. The van der Waals surface area contributed by atoms with Gasteiger partial charge in [0.25, 0.3) is 0 Å². The molecule has 0 saturated carbocycles. The summed E-state index contributed by atoms with van der Waals surface area (Å²) in [6, 6.07) is 18.4. The van der Waals surface area contributed by atoms with Gasteiger partial charge in [0.1, 0.15) is 4.33 Å². The van der Waals surface area contributed by atoms with Gasteiger partial charge in [0.05, 0.1) is 0 Å². The van der Waals surface area contributed by atoms with Gasteiger partial charge in [0.15, 0.2) is 0 Å². The van der Waals surface area contributed by atoms with E-state index >= 15 is 0 Å². The number of hydrogen-bond donors (Lipinski definition) is 0. The van der Waals surface area contributed by atoms with E-state index in [1.807, 2.05) is 30.3 Å². The van der Waals surface area contributed by atoms with Crippen molar-refractivity contribution in [3.05, 3.63) is 71.3 Å². The maximum Gasteiger partial charge on any atom is 0.147 e. The van der Waals surface area contributed by atoms with Crippen molar-refractivity contribution in [3.63, 3.8) is 0 Å². The van der Waals surface area contributed by atoms with Crippen LogP contribution in [-0.2, 0) is 17.2 Å². The Kier molecular flexibility index (Phi) is 5.51. The monoisotopic (exact) mass is 306 g/mol. The van der Waals surface area contributed by atoms with E-state index < -0.39 is 4.33 Å². The average Bonchev–Trinajstić information content (AvgIpc) is 2.46. The van der Waals surface area contributed by atoms with E-state index in [0.717, 1.165) is 24.0 Å². The van der Waals surface area contributed by atoms with Gasteiger partial charge in [-0.15, -0.1) is 0 Å². The molecule has 2 rings (SSSR count). The molecular weight excluding hydrogens is 287 g/mol. The van der Waals surface area contributed by atoms with E-state index in [0.29, 0.717) is 6.42 Å². The molecule has 106 valence electrons. The first kappa shape index (κ1) is 15.4. The zero-order valence-corrected chi connectivity index (χ0v) is 13.3. The number of hydrogen-bond acceptors (Lipinski definition) is 0. The number of benzene rings is 2. The molecule has 2 heteroatoms. The highest BCUT2D eigenvalue weighted by atomic mass is 35.5. The van der Waals surface area contributed by atoms with Crippen molar-refractivity contribution < 1.29 is 0 Å². The van der Waals surface area contributed by atoms with Crippen molar-refractivity contribution in [2.24, 2.45) is 0 Å². The zero-order chi connectivity index (χ0) is 14.4. The predicted molar refractivity (Wildman–Crippen MR) is 88.6 cm³/mol. The molecule has 0 unspecified atom stereocenters. The molecule has 0 radical (unpaired) electrons. The molecule has 0 spiro atoms. The predicted octanol–water partition coefficient (Wildman–Crippen LogP) is 5.90. The van der Waals surface area contributed by atoms with Crippen LogP contribution in [0, 0.1) is 0 Å². The smallest absolute Gasteiger partial charge is 0.0959 e. The molecule has 2 aromatic rings. The van der Waals surface area contributed by atoms with E-state index in [1.54, 1.807) is 0 Å². The largest absolute Gasteiger partial charge is 0.147 e. The molecule has 2 aromatic carbocycles. The van der Waals surface area contributed by atoms with Gasteiger partial charge in [0, 0.05) is 6.42 Å². The van der Waals surface area contributed by atoms with Gasteiger partial charge in [-0.1, -0.05) is 91.1 Å². The van der Waals surface area contributed by atoms with Gasteiger partial charge in [-0.2, -0.15) is 0 Å². The number of aryl methyl sites for hydroxylation is 1. The SMILES string of the molecule is CCCCc1ccccc1C(Cl)(Cl)Cc1ccccc1. The minimum absolute atomic E-state index is 0.625. The molecule has 0 N–H and O–H groups in total. The highest BCUT2D eigenvalue weighted by Crippen LogP contribution is 2.39. The molecule has 20 heavy (non-hydrogen) atoms. The molecule has 0 aliphatic rings. The average molecular weight is 307 g/mol. The van der Waals surface area contributed by atoms with Crippen molar-refractivity contribution >= 4 is 23.2 Å². The Hall–Kier alpha value is -0.980. The standard InChI is InChI=1S/C18H20Cl2/c1-2-3-11-16-12-7-8-13-17(16)18(19,20)14-15-9-5-4-6-10-15/h4-10,12-13H,2-3,11,14H2,1H3. The third-order valence-electron chi connectivity index (χ3n) is 3.48. The molecule has 0 fully saturated rings. The lowest BCUT2D eigenvalue weighted by Crippen LogP contribution is -2.16. The zero-order valence-electron chi connectivity index (χ0n) is 11.8. The minimum Gasteiger partial charge on any atom is -0.0959 e. The van der Waals surface area contributed by atoms with Crippen molar-refractivity contribution in [2.45, 2.75) is 36.9 Å². The fourth-order valence-corrected chi connectivity index (χ4v) is 3.09. The van der Waals surface area contributed by atoms with Crippen LogP contribution in [0.1, 0.15) is 36.5 Å². The van der Waals surface area contributed by atoms with E-state index in [1.165, 1.54) is 12.0 Å². The summed E-state index contributed by atoms with van der Waals surface area (Å²) in [5.74, 6) is 0. The second kappa shape index (κ2) is 7.15. The van der Waals surface area contributed by atoms with Crippen LogP contribution in [-0.4, -0.2) is 0 Å². The van der Waals surface area contributed by atoms with E-state index in [9.17, 15) is 0 Å². The Labute approximate surface area is 131 Å². The van der Waals surface area contributed by atoms with E-state index in [4.69, 9.17) is 23.2 Å². The van der Waals surface area contributed by atoms with Crippen LogP contribution in [0.25, 0.3) is 0 Å². The van der Waals surface area contributed by atoms with Crippen LogP contribution in [0.2, 0.25) is 0 Å². The second-order valence-corrected chi connectivity index (χ2v) is 6.61. The minimum atomic E-state index is -0.869. The highest BCUT2D eigenvalue weighted by molar-refractivity contribution is 6.48. The lowest BCUT2D eigenvalue weighted by Gasteiger charge is -2.23. The Balaban J connectivity index is 2.24. The van der Waals surface area contributed by atoms with Crippen LogP contribution in [0.5, 0.6) is 0 Å².